The number of likely N-dealkylation sites (tertiary alicyclic amines) is 1. The fraction of sp³-hybridized carbons (Fsp3) is 0.517. The molecule has 1 saturated heterocycles. The fourth-order valence-electron chi connectivity index (χ4n) is 5.16. The van der Waals surface area contributed by atoms with Crippen molar-refractivity contribution in [2.45, 2.75) is 71.3 Å². The number of hydrogen-bond donors (Lipinski definition) is 1. The maximum absolute atomic E-state index is 14.1. The van der Waals surface area contributed by atoms with Crippen LogP contribution in [0.3, 0.4) is 0 Å². The lowest BCUT2D eigenvalue weighted by Gasteiger charge is -2.38. The number of rotatable bonds is 3. The van der Waals surface area contributed by atoms with Gasteiger partial charge in [0.1, 0.15) is 11.6 Å². The van der Waals surface area contributed by atoms with Crippen molar-refractivity contribution < 1.29 is 4.39 Å². The Hall–Kier alpha value is -2.53. The summed E-state index contributed by atoms with van der Waals surface area (Å²) in [6, 6.07) is 6.27. The fourth-order valence-corrected chi connectivity index (χ4v) is 5.16. The van der Waals surface area contributed by atoms with Gasteiger partial charge in [-0.15, -0.1) is 13.2 Å². The van der Waals surface area contributed by atoms with Gasteiger partial charge in [0.05, 0.1) is 0 Å². The molecule has 0 radical (unpaired) electrons. The molecule has 0 atom stereocenters. The molecule has 2 aliphatic heterocycles. The van der Waals surface area contributed by atoms with Gasteiger partial charge in [-0.2, -0.15) is 0 Å². The summed E-state index contributed by atoms with van der Waals surface area (Å²) in [5.74, 6) is 1.56. The van der Waals surface area contributed by atoms with Gasteiger partial charge in [0, 0.05) is 48.6 Å². The summed E-state index contributed by atoms with van der Waals surface area (Å²) in [5.41, 5.74) is 2.57. The van der Waals surface area contributed by atoms with Crippen molar-refractivity contribution in [3.05, 3.63) is 55.1 Å². The molecule has 0 unspecified atom stereocenters. The predicted molar refractivity (Wildman–Crippen MR) is 145 cm³/mol. The van der Waals surface area contributed by atoms with Crippen LogP contribution in [0.5, 0.6) is 0 Å². The topological polar surface area (TPSA) is 40.5 Å². The summed E-state index contributed by atoms with van der Waals surface area (Å²) in [6.45, 7) is 13.1. The Morgan fingerprint density at radius 2 is 1.71 bits per heavy atom. The van der Waals surface area contributed by atoms with Crippen molar-refractivity contribution in [1.29, 1.82) is 0 Å². The average molecular weight is 465 g/mol. The van der Waals surface area contributed by atoms with E-state index in [4.69, 9.17) is 0 Å². The van der Waals surface area contributed by atoms with Crippen LogP contribution in [0.25, 0.3) is 16.3 Å². The molecule has 2 fully saturated rings. The summed E-state index contributed by atoms with van der Waals surface area (Å²) in [7, 11) is 1.81. The molecule has 0 bridgehead atoms. The molecular formula is C29H41FN4. The highest BCUT2D eigenvalue weighted by Gasteiger charge is 2.24. The minimum absolute atomic E-state index is 0.220. The van der Waals surface area contributed by atoms with Gasteiger partial charge in [0.15, 0.2) is 0 Å². The Bertz CT molecular complexity index is 999. The van der Waals surface area contributed by atoms with Crippen LogP contribution < -0.4 is 5.32 Å². The molecule has 5 heteroatoms. The van der Waals surface area contributed by atoms with E-state index in [1.165, 1.54) is 64.1 Å². The number of nitrogens with zero attached hydrogens (tertiary/aromatic N) is 3. The lowest BCUT2D eigenvalue weighted by Crippen LogP contribution is -2.41. The first-order chi connectivity index (χ1) is 16.5. The normalized spacial score (nSPS) is 22.6. The second-order valence-electron chi connectivity index (χ2n) is 9.70. The molecule has 1 aromatic heterocycles. The number of aliphatic imine (C=N–C) groups is 1. The lowest BCUT2D eigenvalue weighted by molar-refractivity contribution is 0.118. The number of pyridine rings is 1. The SMILES string of the molecule is C=C.CC1CCC(N2CCCCC2)CC1.CNc1cc2cc(C3=CN=C(C)C3)c(F)cc2cn1. The van der Waals surface area contributed by atoms with Gasteiger partial charge in [-0.25, -0.2) is 9.37 Å². The standard InChI is InChI=1S/C15H14FN3.C12H23N.C2H4/c1-9-3-12(8-18-9)13-4-10-6-15(17-2)19-7-11(10)5-14(13)16;1-11-5-7-12(8-6-11)13-9-3-2-4-10-13;1-2/h4-8H,3H2,1-2H3,(H,17,19);11-12H,2-10H2,1H3;1-2H2. The molecule has 5 rings (SSSR count). The molecule has 1 N–H and O–H groups in total. The molecule has 34 heavy (non-hydrogen) atoms. The van der Waals surface area contributed by atoms with Crippen LogP contribution >= 0.6 is 0 Å². The van der Waals surface area contributed by atoms with Crippen molar-refractivity contribution in [2.75, 3.05) is 25.5 Å². The molecule has 4 nitrogen and oxygen atoms in total. The van der Waals surface area contributed by atoms with Crippen LogP contribution in [0.15, 0.2) is 48.7 Å². The number of allylic oxidation sites excluding steroid dienone is 1. The van der Waals surface area contributed by atoms with Gasteiger partial charge >= 0.3 is 0 Å². The number of anilines is 1. The van der Waals surface area contributed by atoms with Gasteiger partial charge in [0.2, 0.25) is 0 Å². The Balaban J connectivity index is 0.000000189. The highest BCUT2D eigenvalue weighted by molar-refractivity contribution is 5.98. The smallest absolute Gasteiger partial charge is 0.131 e. The number of nitrogens with one attached hydrogen (secondary N) is 1. The number of piperidine rings is 1. The molecule has 184 valence electrons. The summed E-state index contributed by atoms with van der Waals surface area (Å²) < 4.78 is 14.1. The van der Waals surface area contributed by atoms with E-state index in [9.17, 15) is 4.39 Å². The molecule has 1 aliphatic carbocycles. The Labute approximate surface area is 205 Å². The molecule has 3 aliphatic rings. The lowest BCUT2D eigenvalue weighted by atomic mass is 9.86. The predicted octanol–water partition coefficient (Wildman–Crippen LogP) is 7.47. The Morgan fingerprint density at radius 1 is 1.00 bits per heavy atom. The summed E-state index contributed by atoms with van der Waals surface area (Å²) in [5, 5.41) is 4.76. The largest absolute Gasteiger partial charge is 0.373 e. The first-order valence-electron chi connectivity index (χ1n) is 12.8. The van der Waals surface area contributed by atoms with Crippen molar-refractivity contribution in [2.24, 2.45) is 10.9 Å². The summed E-state index contributed by atoms with van der Waals surface area (Å²) >= 11 is 0. The number of benzene rings is 1. The van der Waals surface area contributed by atoms with Crippen molar-refractivity contribution >= 4 is 27.9 Å². The van der Waals surface area contributed by atoms with Crippen LogP contribution in [-0.4, -0.2) is 41.8 Å². The molecule has 0 spiro atoms. The van der Waals surface area contributed by atoms with Crippen molar-refractivity contribution in [1.82, 2.24) is 9.88 Å². The third-order valence-electron chi connectivity index (χ3n) is 7.19. The van der Waals surface area contributed by atoms with E-state index >= 15 is 0 Å². The molecule has 2 aromatic rings. The number of aromatic nitrogens is 1. The zero-order valence-corrected chi connectivity index (χ0v) is 21.2. The maximum Gasteiger partial charge on any atom is 0.131 e. The minimum atomic E-state index is -0.220. The van der Waals surface area contributed by atoms with Crippen LogP contribution in [0.4, 0.5) is 10.2 Å². The van der Waals surface area contributed by atoms with Crippen LogP contribution in [0, 0.1) is 11.7 Å². The van der Waals surface area contributed by atoms with E-state index in [-0.39, 0.29) is 5.82 Å². The third kappa shape index (κ3) is 6.75. The van der Waals surface area contributed by atoms with Gasteiger partial charge in [-0.3, -0.25) is 4.99 Å². The second kappa shape index (κ2) is 12.8. The van der Waals surface area contributed by atoms with E-state index in [2.05, 4.69) is 40.3 Å². The first kappa shape index (κ1) is 26.1. The van der Waals surface area contributed by atoms with Gasteiger partial charge in [-0.05, 0) is 93.6 Å². The minimum Gasteiger partial charge on any atom is -0.373 e. The third-order valence-corrected chi connectivity index (χ3v) is 7.19. The average Bonchev–Trinajstić information content (AvgIpc) is 3.32. The Morgan fingerprint density at radius 3 is 2.32 bits per heavy atom. The van der Waals surface area contributed by atoms with Gasteiger partial charge in [0.25, 0.3) is 0 Å². The zero-order valence-electron chi connectivity index (χ0n) is 21.2. The first-order valence-corrected chi connectivity index (χ1v) is 12.8. The zero-order chi connectivity index (χ0) is 24.5. The molecule has 3 heterocycles. The monoisotopic (exact) mass is 464 g/mol. The van der Waals surface area contributed by atoms with Gasteiger partial charge in [-0.1, -0.05) is 13.3 Å². The van der Waals surface area contributed by atoms with Crippen LogP contribution in [0.1, 0.15) is 70.8 Å². The van der Waals surface area contributed by atoms with E-state index < -0.39 is 0 Å². The van der Waals surface area contributed by atoms with E-state index in [1.54, 1.807) is 12.4 Å². The highest BCUT2D eigenvalue weighted by Crippen LogP contribution is 2.30. The molecular weight excluding hydrogens is 423 g/mol. The second-order valence-corrected chi connectivity index (χ2v) is 9.70. The van der Waals surface area contributed by atoms with E-state index in [1.807, 2.05) is 26.1 Å². The van der Waals surface area contributed by atoms with Crippen molar-refractivity contribution in [3.8, 4) is 0 Å². The molecule has 0 amide bonds. The maximum atomic E-state index is 14.1. The van der Waals surface area contributed by atoms with E-state index in [0.29, 0.717) is 12.0 Å². The number of hydrogen-bond acceptors (Lipinski definition) is 4. The quantitative estimate of drug-likeness (QED) is 0.479. The summed E-state index contributed by atoms with van der Waals surface area (Å²) in [6.07, 6.45) is 14.4. The van der Waals surface area contributed by atoms with E-state index in [0.717, 1.165) is 39.8 Å². The Kier molecular flexibility index (Phi) is 9.82. The number of fused-ring (bicyclic) bond motifs is 1. The van der Waals surface area contributed by atoms with Crippen LogP contribution in [0.2, 0.25) is 0 Å². The van der Waals surface area contributed by atoms with Gasteiger partial charge < -0.3 is 10.2 Å². The van der Waals surface area contributed by atoms with Crippen molar-refractivity contribution in [3.63, 3.8) is 0 Å². The summed E-state index contributed by atoms with van der Waals surface area (Å²) in [4.78, 5) is 11.2. The highest BCUT2D eigenvalue weighted by atomic mass is 19.1. The molecule has 1 saturated carbocycles. The number of halogens is 1. The molecule has 1 aromatic carbocycles. The van der Waals surface area contributed by atoms with Crippen LogP contribution in [-0.2, 0) is 0 Å².